The van der Waals surface area contributed by atoms with Gasteiger partial charge in [-0.1, -0.05) is 35.9 Å². The Morgan fingerprint density at radius 1 is 1.11 bits per heavy atom. The maximum Gasteiger partial charge on any atom is 0.234 e. The lowest BCUT2D eigenvalue weighted by atomic mass is 10.2. The maximum atomic E-state index is 12.6. The lowest BCUT2D eigenvalue weighted by molar-refractivity contribution is -0.113. The van der Waals surface area contributed by atoms with E-state index in [9.17, 15) is 4.79 Å². The number of nitrogens with one attached hydrogen (secondary N) is 1. The number of carbonyl (C=O) groups excluding carboxylic acids is 1. The first-order chi connectivity index (χ1) is 13.2. The van der Waals surface area contributed by atoms with Gasteiger partial charge in [0, 0.05) is 29.6 Å². The van der Waals surface area contributed by atoms with E-state index in [0.717, 1.165) is 53.1 Å². The van der Waals surface area contributed by atoms with Crippen LogP contribution in [0.4, 0.5) is 11.4 Å². The van der Waals surface area contributed by atoms with E-state index in [2.05, 4.69) is 15.2 Å². The van der Waals surface area contributed by atoms with Gasteiger partial charge in [0.05, 0.1) is 27.7 Å². The third-order valence-corrected chi connectivity index (χ3v) is 5.99. The molecular formula is C21H20ClN3OS. The number of para-hydroxylation sites is 2. The molecule has 4 nitrogen and oxygen atoms in total. The molecule has 1 aliphatic heterocycles. The molecule has 0 spiro atoms. The smallest absolute Gasteiger partial charge is 0.234 e. The summed E-state index contributed by atoms with van der Waals surface area (Å²) in [5.41, 5.74) is 2.64. The summed E-state index contributed by atoms with van der Waals surface area (Å²) in [5.74, 6) is 0.275. The first-order valence-corrected chi connectivity index (χ1v) is 10.4. The van der Waals surface area contributed by atoms with Crippen LogP contribution in [-0.2, 0) is 4.79 Å². The van der Waals surface area contributed by atoms with E-state index >= 15 is 0 Å². The number of aromatic nitrogens is 1. The standard InChI is InChI=1S/C21H20ClN3OS/c22-16-8-4-9-17(21(16)25-12-1-2-13-25)24-19(26)14-27-18-10-3-6-15-7-5-11-23-20(15)18/h3-11H,1-2,12-14H2,(H,24,26). The highest BCUT2D eigenvalue weighted by Crippen LogP contribution is 2.36. The van der Waals surface area contributed by atoms with Crippen LogP contribution in [0.2, 0.25) is 5.02 Å². The van der Waals surface area contributed by atoms with Crippen LogP contribution < -0.4 is 10.2 Å². The minimum absolute atomic E-state index is 0.0457. The zero-order chi connectivity index (χ0) is 18.6. The lowest BCUT2D eigenvalue weighted by Gasteiger charge is -2.23. The molecule has 3 aromatic rings. The highest BCUT2D eigenvalue weighted by atomic mass is 35.5. The average Bonchev–Trinajstić information content (AvgIpc) is 3.20. The minimum atomic E-state index is -0.0457. The number of anilines is 2. The van der Waals surface area contributed by atoms with Crippen molar-refractivity contribution in [2.75, 3.05) is 29.1 Å². The number of amides is 1. The van der Waals surface area contributed by atoms with Gasteiger partial charge in [0.1, 0.15) is 0 Å². The van der Waals surface area contributed by atoms with Crippen molar-refractivity contribution in [3.63, 3.8) is 0 Å². The van der Waals surface area contributed by atoms with E-state index in [0.29, 0.717) is 10.8 Å². The van der Waals surface area contributed by atoms with Crippen LogP contribution >= 0.6 is 23.4 Å². The number of carbonyl (C=O) groups is 1. The van der Waals surface area contributed by atoms with Crippen LogP contribution in [0.15, 0.2) is 59.6 Å². The third kappa shape index (κ3) is 4.04. The van der Waals surface area contributed by atoms with E-state index < -0.39 is 0 Å². The SMILES string of the molecule is O=C(CSc1cccc2cccnc12)Nc1cccc(Cl)c1N1CCCC1. The normalized spacial score (nSPS) is 13.9. The Kier molecular flexibility index (Phi) is 5.50. The number of rotatable bonds is 5. The number of halogens is 1. The summed E-state index contributed by atoms with van der Waals surface area (Å²) >= 11 is 7.92. The van der Waals surface area contributed by atoms with Crippen LogP contribution in [-0.4, -0.2) is 29.7 Å². The zero-order valence-electron chi connectivity index (χ0n) is 14.8. The first kappa shape index (κ1) is 18.1. The van der Waals surface area contributed by atoms with Gasteiger partial charge in [0.15, 0.2) is 0 Å². The van der Waals surface area contributed by atoms with Gasteiger partial charge in [-0.2, -0.15) is 0 Å². The molecule has 0 atom stereocenters. The minimum Gasteiger partial charge on any atom is -0.369 e. The van der Waals surface area contributed by atoms with Crippen LogP contribution in [0.25, 0.3) is 10.9 Å². The quantitative estimate of drug-likeness (QED) is 0.599. The molecule has 1 amide bonds. The molecule has 1 saturated heterocycles. The summed E-state index contributed by atoms with van der Waals surface area (Å²) in [6.07, 6.45) is 4.09. The van der Waals surface area contributed by atoms with E-state index in [1.165, 1.54) is 11.8 Å². The van der Waals surface area contributed by atoms with E-state index in [1.54, 1.807) is 6.20 Å². The Labute approximate surface area is 167 Å². The summed E-state index contributed by atoms with van der Waals surface area (Å²) in [6.45, 7) is 1.95. The second-order valence-electron chi connectivity index (χ2n) is 6.50. The molecule has 1 fully saturated rings. The molecule has 1 aromatic heterocycles. The summed E-state index contributed by atoms with van der Waals surface area (Å²) in [5, 5.41) is 4.80. The van der Waals surface area contributed by atoms with Gasteiger partial charge in [0.25, 0.3) is 0 Å². The van der Waals surface area contributed by atoms with Crippen molar-refractivity contribution in [3.05, 3.63) is 59.8 Å². The Balaban J connectivity index is 1.48. The van der Waals surface area contributed by atoms with Gasteiger partial charge in [-0.15, -0.1) is 11.8 Å². The van der Waals surface area contributed by atoms with E-state index in [1.807, 2.05) is 48.5 Å². The fourth-order valence-electron chi connectivity index (χ4n) is 3.40. The molecule has 1 N–H and O–H groups in total. The highest BCUT2D eigenvalue weighted by molar-refractivity contribution is 8.00. The maximum absolute atomic E-state index is 12.6. The Bertz CT molecular complexity index is 967. The monoisotopic (exact) mass is 397 g/mol. The number of benzene rings is 2. The van der Waals surface area contributed by atoms with Crippen molar-refractivity contribution < 1.29 is 4.79 Å². The molecule has 0 radical (unpaired) electrons. The summed E-state index contributed by atoms with van der Waals surface area (Å²) in [4.78, 5) is 20.3. The molecule has 1 aliphatic rings. The van der Waals surface area contributed by atoms with Crippen LogP contribution in [0, 0.1) is 0 Å². The predicted molar refractivity (Wildman–Crippen MR) is 114 cm³/mol. The first-order valence-electron chi connectivity index (χ1n) is 9.02. The molecule has 27 heavy (non-hydrogen) atoms. The van der Waals surface area contributed by atoms with Crippen molar-refractivity contribution in [3.8, 4) is 0 Å². The van der Waals surface area contributed by atoms with Crippen molar-refractivity contribution in [1.82, 2.24) is 4.98 Å². The Hall–Kier alpha value is -2.24. The lowest BCUT2D eigenvalue weighted by Crippen LogP contribution is -2.22. The number of hydrogen-bond donors (Lipinski definition) is 1. The molecule has 6 heteroatoms. The molecule has 0 bridgehead atoms. The average molecular weight is 398 g/mol. The van der Waals surface area contributed by atoms with E-state index in [4.69, 9.17) is 11.6 Å². The molecule has 2 aromatic carbocycles. The number of hydrogen-bond acceptors (Lipinski definition) is 4. The van der Waals surface area contributed by atoms with Crippen LogP contribution in [0.3, 0.4) is 0 Å². The number of thioether (sulfide) groups is 1. The second-order valence-corrected chi connectivity index (χ2v) is 7.92. The number of pyridine rings is 1. The molecule has 0 unspecified atom stereocenters. The number of fused-ring (bicyclic) bond motifs is 1. The molecule has 0 saturated carbocycles. The Morgan fingerprint density at radius 3 is 2.74 bits per heavy atom. The topological polar surface area (TPSA) is 45.2 Å². The van der Waals surface area contributed by atoms with Crippen LogP contribution in [0.5, 0.6) is 0 Å². The van der Waals surface area contributed by atoms with Crippen LogP contribution in [0.1, 0.15) is 12.8 Å². The van der Waals surface area contributed by atoms with Gasteiger partial charge in [-0.3, -0.25) is 9.78 Å². The summed E-state index contributed by atoms with van der Waals surface area (Å²) in [7, 11) is 0. The van der Waals surface area contributed by atoms with Crippen molar-refractivity contribution in [1.29, 1.82) is 0 Å². The Morgan fingerprint density at radius 2 is 1.89 bits per heavy atom. The molecule has 2 heterocycles. The van der Waals surface area contributed by atoms with Gasteiger partial charge in [-0.05, 0) is 37.1 Å². The highest BCUT2D eigenvalue weighted by Gasteiger charge is 2.19. The van der Waals surface area contributed by atoms with Crippen molar-refractivity contribution in [2.45, 2.75) is 17.7 Å². The largest absolute Gasteiger partial charge is 0.369 e. The fraction of sp³-hybridized carbons (Fsp3) is 0.238. The van der Waals surface area contributed by atoms with Gasteiger partial charge in [0.2, 0.25) is 5.91 Å². The summed E-state index contributed by atoms with van der Waals surface area (Å²) in [6, 6.07) is 15.6. The zero-order valence-corrected chi connectivity index (χ0v) is 16.4. The third-order valence-electron chi connectivity index (χ3n) is 4.64. The van der Waals surface area contributed by atoms with Gasteiger partial charge >= 0.3 is 0 Å². The van der Waals surface area contributed by atoms with Crippen molar-refractivity contribution in [2.24, 2.45) is 0 Å². The molecule has 0 aliphatic carbocycles. The van der Waals surface area contributed by atoms with E-state index in [-0.39, 0.29) is 5.91 Å². The summed E-state index contributed by atoms with van der Waals surface area (Å²) < 4.78 is 0. The van der Waals surface area contributed by atoms with Crippen molar-refractivity contribution >= 4 is 51.5 Å². The second kappa shape index (κ2) is 8.19. The predicted octanol–water partition coefficient (Wildman–Crippen LogP) is 5.22. The molecule has 4 rings (SSSR count). The van der Waals surface area contributed by atoms with Gasteiger partial charge < -0.3 is 10.2 Å². The van der Waals surface area contributed by atoms with Gasteiger partial charge in [-0.25, -0.2) is 0 Å². The number of nitrogens with zero attached hydrogens (tertiary/aromatic N) is 2. The molecule has 138 valence electrons. The fourth-order valence-corrected chi connectivity index (χ4v) is 4.54. The molecular weight excluding hydrogens is 378 g/mol.